The van der Waals surface area contributed by atoms with Gasteiger partial charge in [0.15, 0.2) is 0 Å². The highest BCUT2D eigenvalue weighted by atomic mass is 15.0. The van der Waals surface area contributed by atoms with Gasteiger partial charge in [-0.25, -0.2) is 4.98 Å². The first kappa shape index (κ1) is 9.47. The Labute approximate surface area is 88.3 Å². The predicted octanol–water partition coefficient (Wildman–Crippen LogP) is 2.48. The van der Waals surface area contributed by atoms with Crippen molar-refractivity contribution in [1.82, 2.24) is 9.55 Å². The van der Waals surface area contributed by atoms with E-state index in [9.17, 15) is 0 Å². The molecule has 3 heteroatoms. The van der Waals surface area contributed by atoms with Crippen LogP contribution in [0.5, 0.6) is 0 Å². The van der Waals surface area contributed by atoms with Crippen LogP contribution in [-0.2, 0) is 6.54 Å². The number of hydrogen-bond acceptors (Lipinski definition) is 2. The number of nitrogens with zero attached hydrogens (tertiary/aromatic N) is 3. The fourth-order valence-corrected chi connectivity index (χ4v) is 1.54. The molecule has 0 saturated heterocycles. The van der Waals surface area contributed by atoms with E-state index in [4.69, 9.17) is 5.26 Å². The van der Waals surface area contributed by atoms with Crippen LogP contribution in [0.2, 0.25) is 0 Å². The quantitative estimate of drug-likeness (QED) is 0.709. The zero-order valence-electron chi connectivity index (χ0n) is 8.35. The van der Waals surface area contributed by atoms with Crippen molar-refractivity contribution in [2.75, 3.05) is 0 Å². The molecule has 0 spiro atoms. The minimum atomic E-state index is 0.650. The standard InChI is InChI=1S/C12H11N3/c1-2-3-6-15-9-14-11-7-10(8-13)4-5-12(11)15/h2,4-5,7,9H,1,3,6H2. The molecular weight excluding hydrogens is 186 g/mol. The van der Waals surface area contributed by atoms with Crippen LogP contribution < -0.4 is 0 Å². The minimum absolute atomic E-state index is 0.650. The summed E-state index contributed by atoms with van der Waals surface area (Å²) in [6.07, 6.45) is 4.61. The predicted molar refractivity (Wildman–Crippen MR) is 59.3 cm³/mol. The number of aromatic nitrogens is 2. The molecule has 74 valence electrons. The van der Waals surface area contributed by atoms with Gasteiger partial charge in [-0.3, -0.25) is 0 Å². The van der Waals surface area contributed by atoms with E-state index in [1.807, 2.05) is 18.2 Å². The summed E-state index contributed by atoms with van der Waals surface area (Å²) in [6, 6.07) is 7.66. The molecule has 1 aromatic carbocycles. The van der Waals surface area contributed by atoms with Gasteiger partial charge in [0, 0.05) is 6.54 Å². The first-order valence-corrected chi connectivity index (χ1v) is 4.81. The van der Waals surface area contributed by atoms with Crippen LogP contribution in [0.3, 0.4) is 0 Å². The van der Waals surface area contributed by atoms with Crippen LogP contribution in [0.4, 0.5) is 0 Å². The van der Waals surface area contributed by atoms with E-state index in [2.05, 4.69) is 22.2 Å². The summed E-state index contributed by atoms with van der Waals surface area (Å²) in [4.78, 5) is 4.26. The number of fused-ring (bicyclic) bond motifs is 1. The minimum Gasteiger partial charge on any atom is -0.330 e. The number of hydrogen-bond donors (Lipinski definition) is 0. The highest BCUT2D eigenvalue weighted by Gasteiger charge is 2.02. The number of benzene rings is 1. The largest absolute Gasteiger partial charge is 0.330 e. The van der Waals surface area contributed by atoms with Gasteiger partial charge in [-0.2, -0.15) is 5.26 Å². The van der Waals surface area contributed by atoms with Crippen molar-refractivity contribution in [3.63, 3.8) is 0 Å². The molecule has 1 aromatic heterocycles. The topological polar surface area (TPSA) is 41.6 Å². The molecule has 0 amide bonds. The lowest BCUT2D eigenvalue weighted by Crippen LogP contribution is -1.94. The Bertz CT molecular complexity index is 531. The average molecular weight is 197 g/mol. The lowest BCUT2D eigenvalue weighted by molar-refractivity contribution is 0.731. The third kappa shape index (κ3) is 1.75. The van der Waals surface area contributed by atoms with Crippen LogP contribution >= 0.6 is 0 Å². The molecule has 0 bridgehead atoms. The molecule has 0 aliphatic carbocycles. The summed E-state index contributed by atoms with van der Waals surface area (Å²) in [6.45, 7) is 4.57. The second kappa shape index (κ2) is 3.97. The number of aryl methyl sites for hydroxylation is 1. The van der Waals surface area contributed by atoms with Crippen LogP contribution in [0.25, 0.3) is 11.0 Å². The maximum atomic E-state index is 8.75. The van der Waals surface area contributed by atoms with Gasteiger partial charge in [0.2, 0.25) is 0 Å². The van der Waals surface area contributed by atoms with Gasteiger partial charge in [0.05, 0.1) is 29.0 Å². The number of rotatable bonds is 3. The molecule has 0 fully saturated rings. The molecule has 3 nitrogen and oxygen atoms in total. The Hall–Kier alpha value is -2.08. The summed E-state index contributed by atoms with van der Waals surface area (Å²) >= 11 is 0. The van der Waals surface area contributed by atoms with Crippen molar-refractivity contribution in [3.05, 3.63) is 42.7 Å². The van der Waals surface area contributed by atoms with Crippen LogP contribution in [-0.4, -0.2) is 9.55 Å². The lowest BCUT2D eigenvalue weighted by atomic mass is 10.2. The molecule has 0 atom stereocenters. The molecule has 2 aromatic rings. The summed E-state index contributed by atoms with van der Waals surface area (Å²) < 4.78 is 2.07. The second-order valence-electron chi connectivity index (χ2n) is 3.33. The van der Waals surface area contributed by atoms with Crippen LogP contribution in [0.1, 0.15) is 12.0 Å². The highest BCUT2D eigenvalue weighted by molar-refractivity contribution is 5.76. The van der Waals surface area contributed by atoms with E-state index < -0.39 is 0 Å². The lowest BCUT2D eigenvalue weighted by Gasteiger charge is -2.00. The Morgan fingerprint density at radius 3 is 3.13 bits per heavy atom. The van der Waals surface area contributed by atoms with E-state index in [0.29, 0.717) is 5.56 Å². The molecule has 0 saturated carbocycles. The van der Waals surface area contributed by atoms with Gasteiger partial charge in [0.1, 0.15) is 0 Å². The van der Waals surface area contributed by atoms with Gasteiger partial charge in [-0.05, 0) is 24.6 Å². The Balaban J connectivity index is 2.43. The fraction of sp³-hybridized carbons (Fsp3) is 0.167. The zero-order chi connectivity index (χ0) is 10.7. The first-order chi connectivity index (χ1) is 7.35. The summed E-state index contributed by atoms with van der Waals surface area (Å²) in [5.41, 5.74) is 2.59. The first-order valence-electron chi connectivity index (χ1n) is 4.81. The SMILES string of the molecule is C=CCCn1cnc2cc(C#N)ccc21. The smallest absolute Gasteiger partial charge is 0.0992 e. The van der Waals surface area contributed by atoms with E-state index in [0.717, 1.165) is 24.0 Å². The molecule has 0 N–H and O–H groups in total. The molecule has 0 aliphatic heterocycles. The van der Waals surface area contributed by atoms with Gasteiger partial charge in [-0.1, -0.05) is 6.08 Å². The van der Waals surface area contributed by atoms with E-state index >= 15 is 0 Å². The summed E-state index contributed by atoms with van der Waals surface area (Å²) in [7, 11) is 0. The fourth-order valence-electron chi connectivity index (χ4n) is 1.54. The number of imidazole rings is 1. The second-order valence-corrected chi connectivity index (χ2v) is 3.33. The van der Waals surface area contributed by atoms with E-state index in [1.165, 1.54) is 0 Å². The zero-order valence-corrected chi connectivity index (χ0v) is 8.35. The maximum absolute atomic E-state index is 8.75. The molecule has 15 heavy (non-hydrogen) atoms. The van der Waals surface area contributed by atoms with E-state index in [1.54, 1.807) is 12.4 Å². The van der Waals surface area contributed by atoms with Gasteiger partial charge in [-0.15, -0.1) is 6.58 Å². The monoisotopic (exact) mass is 197 g/mol. The molecule has 0 aliphatic rings. The Kier molecular flexibility index (Phi) is 2.51. The Morgan fingerprint density at radius 2 is 2.40 bits per heavy atom. The average Bonchev–Trinajstić information content (AvgIpc) is 2.68. The van der Waals surface area contributed by atoms with Crippen LogP contribution in [0, 0.1) is 11.3 Å². The van der Waals surface area contributed by atoms with Crippen molar-refractivity contribution < 1.29 is 0 Å². The highest BCUT2D eigenvalue weighted by Crippen LogP contribution is 2.14. The Morgan fingerprint density at radius 1 is 1.53 bits per heavy atom. The third-order valence-corrected chi connectivity index (χ3v) is 2.32. The van der Waals surface area contributed by atoms with Gasteiger partial charge < -0.3 is 4.57 Å². The summed E-state index contributed by atoms with van der Waals surface area (Å²) in [5.74, 6) is 0. The molecular formula is C12H11N3. The molecule has 1 heterocycles. The van der Waals surface area contributed by atoms with Gasteiger partial charge in [0.25, 0.3) is 0 Å². The van der Waals surface area contributed by atoms with Crippen molar-refractivity contribution in [2.45, 2.75) is 13.0 Å². The van der Waals surface area contributed by atoms with Crippen molar-refractivity contribution in [2.24, 2.45) is 0 Å². The molecule has 2 rings (SSSR count). The van der Waals surface area contributed by atoms with Gasteiger partial charge >= 0.3 is 0 Å². The van der Waals surface area contributed by atoms with Crippen molar-refractivity contribution >= 4 is 11.0 Å². The molecule has 0 radical (unpaired) electrons. The molecule has 0 unspecified atom stereocenters. The normalized spacial score (nSPS) is 10.1. The number of nitriles is 1. The summed E-state index contributed by atoms with van der Waals surface area (Å²) in [5, 5.41) is 8.75. The van der Waals surface area contributed by atoms with Crippen molar-refractivity contribution in [1.29, 1.82) is 5.26 Å². The number of allylic oxidation sites excluding steroid dienone is 1. The maximum Gasteiger partial charge on any atom is 0.0992 e. The third-order valence-electron chi connectivity index (χ3n) is 2.32. The van der Waals surface area contributed by atoms with Crippen molar-refractivity contribution in [3.8, 4) is 6.07 Å². The van der Waals surface area contributed by atoms with E-state index in [-0.39, 0.29) is 0 Å². The van der Waals surface area contributed by atoms with Crippen LogP contribution in [0.15, 0.2) is 37.2 Å².